The number of methoxy groups -OCH3 is 1. The molecule has 2 aliphatic heterocycles. The molecule has 162 valence electrons. The monoisotopic (exact) mass is 420 g/mol. The predicted molar refractivity (Wildman–Crippen MR) is 118 cm³/mol. The van der Waals surface area contributed by atoms with Gasteiger partial charge < -0.3 is 14.4 Å². The largest absolute Gasteiger partial charge is 0.497 e. The first kappa shape index (κ1) is 21.1. The summed E-state index contributed by atoms with van der Waals surface area (Å²) >= 11 is 0. The summed E-state index contributed by atoms with van der Waals surface area (Å²) in [4.78, 5) is 30.4. The number of benzene rings is 2. The molecule has 2 heterocycles. The van der Waals surface area contributed by atoms with Gasteiger partial charge in [-0.1, -0.05) is 42.5 Å². The van der Waals surface area contributed by atoms with Crippen molar-refractivity contribution in [2.75, 3.05) is 26.8 Å². The first-order valence-electron chi connectivity index (χ1n) is 10.8. The molecule has 31 heavy (non-hydrogen) atoms. The summed E-state index contributed by atoms with van der Waals surface area (Å²) in [5, 5.41) is 0. The zero-order valence-corrected chi connectivity index (χ0v) is 18.0. The Labute approximate surface area is 183 Å². The Morgan fingerprint density at radius 1 is 1.06 bits per heavy atom. The number of likely N-dealkylation sites (N-methyl/N-ethyl adjacent to an activating group) is 1. The number of rotatable bonds is 8. The van der Waals surface area contributed by atoms with Gasteiger partial charge in [0, 0.05) is 19.7 Å². The van der Waals surface area contributed by atoms with E-state index < -0.39 is 0 Å². The van der Waals surface area contributed by atoms with E-state index in [0.717, 1.165) is 24.0 Å². The molecule has 2 aliphatic rings. The van der Waals surface area contributed by atoms with E-state index >= 15 is 0 Å². The first-order valence-corrected chi connectivity index (χ1v) is 10.8. The number of hydrogen-bond donors (Lipinski definition) is 0. The van der Waals surface area contributed by atoms with Crippen LogP contribution in [0.1, 0.15) is 30.9 Å². The Morgan fingerprint density at radius 2 is 1.81 bits per heavy atom. The number of nitrogens with zero attached hydrogens (tertiary/aromatic N) is 2. The Hall–Kier alpha value is -3.12. The van der Waals surface area contributed by atoms with Crippen molar-refractivity contribution in [2.45, 2.75) is 32.4 Å². The number of carbonyl (C=O) groups excluding carboxylic acids is 2. The molecular formula is C25H28N2O4. The normalized spacial score (nSPS) is 18.8. The highest BCUT2D eigenvalue weighted by Gasteiger charge is 2.42. The van der Waals surface area contributed by atoms with E-state index in [1.807, 2.05) is 66.4 Å². The summed E-state index contributed by atoms with van der Waals surface area (Å²) in [6.07, 6.45) is 1.74. The van der Waals surface area contributed by atoms with Crippen molar-refractivity contribution in [3.05, 3.63) is 71.4 Å². The third-order valence-electron chi connectivity index (χ3n) is 5.85. The van der Waals surface area contributed by atoms with Crippen molar-refractivity contribution < 1.29 is 19.1 Å². The van der Waals surface area contributed by atoms with E-state index in [4.69, 9.17) is 9.47 Å². The van der Waals surface area contributed by atoms with Gasteiger partial charge in [0.05, 0.1) is 25.3 Å². The van der Waals surface area contributed by atoms with Gasteiger partial charge in [0.2, 0.25) is 0 Å². The topological polar surface area (TPSA) is 59.1 Å². The highest BCUT2D eigenvalue weighted by molar-refractivity contribution is 6.35. The lowest BCUT2D eigenvalue weighted by Gasteiger charge is -2.25. The third-order valence-corrected chi connectivity index (χ3v) is 5.85. The molecule has 1 unspecified atom stereocenters. The minimum absolute atomic E-state index is 0.0893. The second kappa shape index (κ2) is 9.35. The lowest BCUT2D eigenvalue weighted by atomic mass is 10.0. The van der Waals surface area contributed by atoms with Crippen LogP contribution in [0.25, 0.3) is 5.57 Å². The fourth-order valence-corrected chi connectivity index (χ4v) is 4.19. The van der Waals surface area contributed by atoms with Gasteiger partial charge in [-0.25, -0.2) is 0 Å². The van der Waals surface area contributed by atoms with Crippen LogP contribution in [0.4, 0.5) is 0 Å². The number of imide groups is 1. The highest BCUT2D eigenvalue weighted by Crippen LogP contribution is 2.34. The fourth-order valence-electron chi connectivity index (χ4n) is 4.19. The Bertz CT molecular complexity index is 963. The van der Waals surface area contributed by atoms with Gasteiger partial charge in [-0.05, 0) is 43.0 Å². The summed E-state index contributed by atoms with van der Waals surface area (Å²) in [6, 6.07) is 17.3. The molecule has 0 saturated carbocycles. The van der Waals surface area contributed by atoms with Gasteiger partial charge in [-0.3, -0.25) is 14.5 Å². The first-order chi connectivity index (χ1) is 15.1. The maximum Gasteiger partial charge on any atom is 0.277 e. The van der Waals surface area contributed by atoms with Crippen LogP contribution in [-0.4, -0.2) is 54.5 Å². The highest BCUT2D eigenvalue weighted by atomic mass is 16.5. The van der Waals surface area contributed by atoms with Gasteiger partial charge in [0.25, 0.3) is 11.8 Å². The lowest BCUT2D eigenvalue weighted by molar-refractivity contribution is -0.139. The quantitative estimate of drug-likeness (QED) is 0.612. The Kier molecular flexibility index (Phi) is 6.37. The minimum Gasteiger partial charge on any atom is -0.497 e. The van der Waals surface area contributed by atoms with Gasteiger partial charge in [0.15, 0.2) is 0 Å². The van der Waals surface area contributed by atoms with E-state index in [0.29, 0.717) is 43.3 Å². The SMILES string of the molecule is CCN(Cc1ccccc1)C1=C(c2ccc(OC)cc2)C(=O)N(CC2CCCO2)C1=O. The van der Waals surface area contributed by atoms with Crippen LogP contribution in [0.3, 0.4) is 0 Å². The number of carbonyl (C=O) groups is 2. The van der Waals surface area contributed by atoms with Gasteiger partial charge in [-0.15, -0.1) is 0 Å². The molecular weight excluding hydrogens is 392 g/mol. The van der Waals surface area contributed by atoms with Crippen LogP contribution < -0.4 is 4.74 Å². The maximum atomic E-state index is 13.5. The summed E-state index contributed by atoms with van der Waals surface area (Å²) in [5.74, 6) is 0.201. The fraction of sp³-hybridized carbons (Fsp3) is 0.360. The average Bonchev–Trinajstić information content (AvgIpc) is 3.41. The van der Waals surface area contributed by atoms with Gasteiger partial charge in [-0.2, -0.15) is 0 Å². The summed E-state index contributed by atoms with van der Waals surface area (Å²) in [5.41, 5.74) is 2.71. The van der Waals surface area contributed by atoms with Gasteiger partial charge >= 0.3 is 0 Å². The van der Waals surface area contributed by atoms with E-state index in [1.54, 1.807) is 7.11 Å². The van der Waals surface area contributed by atoms with Crippen molar-refractivity contribution >= 4 is 17.4 Å². The molecule has 0 bridgehead atoms. The summed E-state index contributed by atoms with van der Waals surface area (Å²) < 4.78 is 11.0. The van der Waals surface area contributed by atoms with E-state index in [1.165, 1.54) is 4.90 Å². The third kappa shape index (κ3) is 4.35. The molecule has 0 N–H and O–H groups in total. The van der Waals surface area contributed by atoms with Crippen molar-refractivity contribution in [1.29, 1.82) is 0 Å². The molecule has 0 spiro atoms. The zero-order chi connectivity index (χ0) is 21.8. The number of ether oxygens (including phenoxy) is 2. The molecule has 4 rings (SSSR count). The number of hydrogen-bond acceptors (Lipinski definition) is 5. The second-order valence-corrected chi connectivity index (χ2v) is 7.81. The molecule has 1 atom stereocenters. The van der Waals surface area contributed by atoms with Crippen LogP contribution in [0, 0.1) is 0 Å². The van der Waals surface area contributed by atoms with Crippen LogP contribution in [0.15, 0.2) is 60.3 Å². The molecule has 6 nitrogen and oxygen atoms in total. The smallest absolute Gasteiger partial charge is 0.277 e. The molecule has 0 aliphatic carbocycles. The van der Waals surface area contributed by atoms with Crippen molar-refractivity contribution in [2.24, 2.45) is 0 Å². The van der Waals surface area contributed by atoms with E-state index in [-0.39, 0.29) is 17.9 Å². The second-order valence-electron chi connectivity index (χ2n) is 7.81. The summed E-state index contributed by atoms with van der Waals surface area (Å²) in [6.45, 7) is 4.14. The van der Waals surface area contributed by atoms with Gasteiger partial charge in [0.1, 0.15) is 11.4 Å². The number of amides is 2. The van der Waals surface area contributed by atoms with Crippen molar-refractivity contribution in [1.82, 2.24) is 9.80 Å². The van der Waals surface area contributed by atoms with E-state index in [2.05, 4.69) is 0 Å². The molecule has 2 aromatic carbocycles. The predicted octanol–water partition coefficient (Wildman–Crippen LogP) is 3.48. The standard InChI is InChI=1S/C25H28N2O4/c1-3-26(16-18-8-5-4-6-9-18)23-22(19-11-13-20(30-2)14-12-19)24(28)27(25(23)29)17-21-10-7-15-31-21/h4-6,8-9,11-14,21H,3,7,10,15-17H2,1-2H3. The van der Waals surface area contributed by atoms with Crippen molar-refractivity contribution in [3.63, 3.8) is 0 Å². The molecule has 0 radical (unpaired) electrons. The van der Waals surface area contributed by atoms with Crippen LogP contribution >= 0.6 is 0 Å². The Balaban J connectivity index is 1.72. The molecule has 0 aromatic heterocycles. The molecule has 1 saturated heterocycles. The maximum absolute atomic E-state index is 13.5. The van der Waals surface area contributed by atoms with Crippen LogP contribution in [0.5, 0.6) is 5.75 Å². The zero-order valence-electron chi connectivity index (χ0n) is 18.0. The summed E-state index contributed by atoms with van der Waals surface area (Å²) in [7, 11) is 1.60. The van der Waals surface area contributed by atoms with Crippen molar-refractivity contribution in [3.8, 4) is 5.75 Å². The van der Waals surface area contributed by atoms with Crippen LogP contribution in [0.2, 0.25) is 0 Å². The Morgan fingerprint density at radius 3 is 2.42 bits per heavy atom. The molecule has 1 fully saturated rings. The van der Waals surface area contributed by atoms with Crippen LogP contribution in [-0.2, 0) is 20.9 Å². The molecule has 6 heteroatoms. The minimum atomic E-state index is -0.257. The lowest BCUT2D eigenvalue weighted by Crippen LogP contribution is -2.39. The molecule has 2 aromatic rings. The average molecular weight is 421 g/mol. The molecule has 2 amide bonds. The van der Waals surface area contributed by atoms with E-state index in [9.17, 15) is 9.59 Å².